The molecule has 0 fully saturated rings. The molecule has 0 heterocycles. The molecule has 0 atom stereocenters. The molecule has 386 valence electrons. The first-order valence-electron chi connectivity index (χ1n) is 27.5. The highest BCUT2D eigenvalue weighted by molar-refractivity contribution is 8.25. The van der Waals surface area contributed by atoms with Crippen LogP contribution >= 0.6 is 0 Å². The molecule has 0 aliphatic heterocycles. The largest absolute Gasteiger partial charge is 0.0742 e. The second-order valence-corrected chi connectivity index (χ2v) is 172. The van der Waals surface area contributed by atoms with Crippen LogP contribution in [-0.2, 0) is 0 Å². The highest BCUT2D eigenvalue weighted by Gasteiger charge is 2.84. The third kappa shape index (κ3) is 8.23. The first-order valence-corrected chi connectivity index (χ1v) is 76.2. The molecule has 0 aliphatic rings. The van der Waals surface area contributed by atoms with E-state index in [1.54, 1.807) is 31.1 Å². The number of hydrogen-bond donors (Lipinski definition) is 0. The van der Waals surface area contributed by atoms with Gasteiger partial charge in [-0.1, -0.05) is 364 Å². The molecule has 0 aromatic heterocycles. The van der Waals surface area contributed by atoms with Gasteiger partial charge in [-0.3, -0.25) is 0 Å². The summed E-state index contributed by atoms with van der Waals surface area (Å²) < 4.78 is 0. The van der Waals surface area contributed by atoms with Gasteiger partial charge in [-0.25, -0.2) is 0 Å². The fraction of sp³-hybridized carbons (Fsp3) is 0.390. The molecule has 6 rings (SSSR count). The van der Waals surface area contributed by atoms with Crippen LogP contribution in [0.15, 0.2) is 182 Å². The molecule has 0 radical (unpaired) electrons. The summed E-state index contributed by atoms with van der Waals surface area (Å²) in [6.45, 7) is 58.4. The van der Waals surface area contributed by atoms with Crippen LogP contribution in [0, 0.1) is 0 Å². The minimum absolute atomic E-state index is 1.49. The Hall–Kier alpha value is -1.86. The molecule has 13 heteroatoms. The Morgan fingerprint density at radius 1 is 0.208 bits per heavy atom. The van der Waals surface area contributed by atoms with E-state index in [-0.39, 0.29) is 0 Å². The van der Waals surface area contributed by atoms with Crippen LogP contribution in [0.2, 0.25) is 144 Å². The minimum atomic E-state index is -2.50. The van der Waals surface area contributed by atoms with Crippen molar-refractivity contribution in [3.05, 3.63) is 182 Å². The lowest BCUT2D eigenvalue weighted by molar-refractivity contribution is 1.43. The van der Waals surface area contributed by atoms with Gasteiger partial charge in [0, 0.05) is 47.8 Å². The summed E-state index contributed by atoms with van der Waals surface area (Å²) in [4.78, 5) is 0. The fourth-order valence-corrected chi connectivity index (χ4v) is 577. The smallest absolute Gasteiger partial charge is 0.0693 e. The monoisotopic (exact) mass is 1170 g/mol. The molecule has 0 nitrogen and oxygen atoms in total. The average Bonchev–Trinajstić information content (AvgIpc) is 3.36. The zero-order valence-electron chi connectivity index (χ0n) is 49.5. The topological polar surface area (TPSA) is 0 Å². The van der Waals surface area contributed by atoms with E-state index < -0.39 is 93.4 Å². The van der Waals surface area contributed by atoms with Gasteiger partial charge in [0.25, 0.3) is 0 Å². The highest BCUT2D eigenvalue weighted by Crippen LogP contribution is 2.57. The van der Waals surface area contributed by atoms with Crippen molar-refractivity contribution >= 4 is 125 Å². The van der Waals surface area contributed by atoms with Gasteiger partial charge in [0.05, 0.1) is 45.5 Å². The van der Waals surface area contributed by atoms with Crippen molar-refractivity contribution in [1.82, 2.24) is 0 Å². The lowest BCUT2D eigenvalue weighted by Crippen LogP contribution is -3.09. The number of benzene rings is 6. The van der Waals surface area contributed by atoms with Gasteiger partial charge in [-0.15, -0.1) is 0 Å². The van der Waals surface area contributed by atoms with Crippen molar-refractivity contribution in [2.45, 2.75) is 150 Å². The first kappa shape index (κ1) is 59.4. The minimum Gasteiger partial charge on any atom is -0.0742 e. The van der Waals surface area contributed by atoms with Gasteiger partial charge in [-0.05, 0) is 0 Å². The van der Waals surface area contributed by atoms with E-state index >= 15 is 0 Å². The summed E-state index contributed by atoms with van der Waals surface area (Å²) in [7, 11) is -20.5. The maximum atomic E-state index is 3.28. The molecule has 0 unspecified atom stereocenters. The summed E-state index contributed by atoms with van der Waals surface area (Å²) in [6.07, 6.45) is 0. The van der Waals surface area contributed by atoms with Gasteiger partial charge >= 0.3 is 0 Å². The Balaban J connectivity index is 1.98. The lowest BCUT2D eigenvalue weighted by Gasteiger charge is -2.78. The van der Waals surface area contributed by atoms with Crippen molar-refractivity contribution in [3.8, 4) is 0 Å². The van der Waals surface area contributed by atoms with Crippen LogP contribution in [0.25, 0.3) is 0 Å². The summed E-state index contributed by atoms with van der Waals surface area (Å²) in [6, 6.07) is 76.1. The Morgan fingerprint density at radius 3 is 0.444 bits per heavy atom. The zero-order chi connectivity index (χ0) is 53.9. The predicted molar refractivity (Wildman–Crippen MR) is 365 cm³/mol. The summed E-state index contributed by atoms with van der Waals surface area (Å²) in [5.41, 5.74) is 0. The molecular formula is C59H98Si13. The van der Waals surface area contributed by atoms with E-state index in [1.807, 2.05) is 0 Å². The zero-order valence-corrected chi connectivity index (χ0v) is 62.5. The molecule has 0 spiro atoms. The van der Waals surface area contributed by atoms with Gasteiger partial charge in [-0.2, -0.15) is 0 Å². The van der Waals surface area contributed by atoms with Crippen molar-refractivity contribution < 1.29 is 0 Å². The summed E-state index contributed by atoms with van der Waals surface area (Å²) >= 11 is 0. The molecular weight excluding hydrogens is 1070 g/mol. The van der Waals surface area contributed by atoms with Crippen molar-refractivity contribution in [2.24, 2.45) is 0 Å². The third-order valence-electron chi connectivity index (χ3n) is 24.0. The molecule has 6 aromatic carbocycles. The van der Waals surface area contributed by atoms with Crippen LogP contribution < -0.4 is 31.1 Å². The quantitative estimate of drug-likeness (QED) is 0.0709. The van der Waals surface area contributed by atoms with Crippen LogP contribution in [0.5, 0.6) is 0 Å². The van der Waals surface area contributed by atoms with Gasteiger partial charge in [0.1, 0.15) is 0 Å². The lowest BCUT2D eigenvalue weighted by atomic mass is 10.4. The Morgan fingerprint density at radius 2 is 0.333 bits per heavy atom. The molecule has 0 bridgehead atoms. The Bertz CT molecular complexity index is 2280. The van der Waals surface area contributed by atoms with E-state index in [0.717, 1.165) is 0 Å². The molecule has 0 N–H and O–H groups in total. The van der Waals surface area contributed by atoms with Crippen LogP contribution in [0.3, 0.4) is 0 Å². The second-order valence-electron chi connectivity index (χ2n) is 27.5. The van der Waals surface area contributed by atoms with Crippen molar-refractivity contribution in [3.63, 3.8) is 0 Å². The van der Waals surface area contributed by atoms with E-state index in [9.17, 15) is 0 Å². The standard InChI is InChI=1S/C59H98Si13/c1-23-72(66(14,15)69(20,60(2,3)54-42-30-24-31-43-54)61(4,5)55-44-32-25-33-45-55,67(16,17)70(21,62(6,7)56-46-34-26-35-47-56)63(8,9)57-48-36-27-37-49-57)68(18,19)71(22,64(10,11)58-50-38-28-39-51-58)65(12,13)59-52-40-29-41-53-59/h24-53H,23H2,1-22H3. The van der Waals surface area contributed by atoms with Crippen LogP contribution in [-0.4, -0.2) is 93.4 Å². The van der Waals surface area contributed by atoms with Crippen molar-refractivity contribution in [2.75, 3.05) is 0 Å². The summed E-state index contributed by atoms with van der Waals surface area (Å²) in [5, 5.41) is 10.5. The van der Waals surface area contributed by atoms with Gasteiger partial charge in [0.2, 0.25) is 0 Å². The molecule has 0 saturated carbocycles. The summed E-state index contributed by atoms with van der Waals surface area (Å²) in [5.74, 6) is 0. The molecule has 0 saturated heterocycles. The maximum Gasteiger partial charge on any atom is 0.0693 e. The molecule has 72 heavy (non-hydrogen) atoms. The number of hydrogen-bond acceptors (Lipinski definition) is 0. The Labute approximate surface area is 453 Å². The van der Waals surface area contributed by atoms with Gasteiger partial charge < -0.3 is 0 Å². The molecule has 0 aliphatic carbocycles. The average molecular weight is 1170 g/mol. The number of rotatable bonds is 19. The SMILES string of the molecule is CC[Si]([Si](C)(C)[Si](C)([Si](C)(C)c1ccccc1)[Si](C)(C)c1ccccc1)([Si](C)(C)[Si](C)([Si](C)(C)c1ccccc1)[Si](C)(C)c1ccccc1)[Si](C)(C)[Si](C)([Si](C)(C)c1ccccc1)[Si](C)(C)c1ccccc1. The maximum absolute atomic E-state index is 3.28. The molecule has 6 aromatic rings. The highest BCUT2D eigenvalue weighted by atomic mass is 30.4. The molecule has 0 amide bonds. The van der Waals surface area contributed by atoms with E-state index in [0.29, 0.717) is 0 Å². The van der Waals surface area contributed by atoms with Crippen molar-refractivity contribution in [1.29, 1.82) is 0 Å². The first-order chi connectivity index (χ1) is 33.2. The van der Waals surface area contributed by atoms with Crippen LogP contribution in [0.4, 0.5) is 0 Å². The van der Waals surface area contributed by atoms with Gasteiger partial charge in [0.15, 0.2) is 0 Å². The third-order valence-corrected chi connectivity index (χ3v) is 347. The van der Waals surface area contributed by atoms with E-state index in [2.05, 4.69) is 326 Å². The predicted octanol–water partition coefficient (Wildman–Crippen LogP) is 13.5. The second kappa shape index (κ2) is 20.5. The fourth-order valence-electron chi connectivity index (χ4n) is 18.8. The van der Waals surface area contributed by atoms with E-state index in [1.165, 1.54) is 6.04 Å². The van der Waals surface area contributed by atoms with Crippen LogP contribution in [0.1, 0.15) is 6.92 Å². The normalized spacial score (nSPS) is 14.6. The Kier molecular flexibility index (Phi) is 16.9. The van der Waals surface area contributed by atoms with E-state index in [4.69, 9.17) is 0 Å².